The van der Waals surface area contributed by atoms with Gasteiger partial charge in [-0.2, -0.15) is 5.10 Å². The van der Waals surface area contributed by atoms with Crippen LogP contribution in [0.5, 0.6) is 11.5 Å². The summed E-state index contributed by atoms with van der Waals surface area (Å²) in [6.45, 7) is 3.88. The Labute approximate surface area is 316 Å². The Morgan fingerprint density at radius 1 is 0.981 bits per heavy atom. The summed E-state index contributed by atoms with van der Waals surface area (Å²) in [7, 11) is 3.21. The zero-order chi connectivity index (χ0) is 37.1. The molecule has 53 heavy (non-hydrogen) atoms. The molecule has 274 valence electrons. The number of allylic oxidation sites excluding steroid dienone is 2. The summed E-state index contributed by atoms with van der Waals surface area (Å²) in [5.74, 6) is -3.24. The quantitative estimate of drug-likeness (QED) is 0.165. The number of ether oxygens (including phenoxy) is 1. The molecule has 10 nitrogen and oxygen atoms in total. The molecule has 12 heteroatoms. The van der Waals surface area contributed by atoms with Crippen LogP contribution in [0.4, 0.5) is 5.82 Å². The first-order chi connectivity index (χ1) is 25.4. The van der Waals surface area contributed by atoms with E-state index < -0.39 is 35.0 Å². The number of phenolic OH excluding ortho intramolecular Hbond substituents is 1. The number of imide groups is 2. The molecule has 0 spiro atoms. The highest BCUT2D eigenvalue weighted by Gasteiger charge is 2.68. The lowest BCUT2D eigenvalue weighted by molar-refractivity contribution is -0.144. The van der Waals surface area contributed by atoms with E-state index in [1.165, 1.54) is 12.0 Å². The molecule has 2 aromatic carbocycles. The van der Waals surface area contributed by atoms with Crippen molar-refractivity contribution in [3.05, 3.63) is 70.3 Å². The van der Waals surface area contributed by atoms with Gasteiger partial charge in [0.1, 0.15) is 11.5 Å². The highest BCUT2D eigenvalue weighted by atomic mass is 35.5. The minimum atomic E-state index is -1.24. The van der Waals surface area contributed by atoms with E-state index in [4.69, 9.17) is 21.4 Å². The van der Waals surface area contributed by atoms with Crippen LogP contribution in [-0.4, -0.2) is 56.6 Å². The summed E-state index contributed by atoms with van der Waals surface area (Å²) < 4.78 is 8.17. The number of carbonyl (C=O) groups excluding carboxylic acids is 4. The minimum absolute atomic E-state index is 0.0423. The third-order valence-electron chi connectivity index (χ3n) is 13.0. The van der Waals surface area contributed by atoms with Gasteiger partial charge in [0.15, 0.2) is 11.5 Å². The molecule has 4 fully saturated rings. The third-order valence-corrected chi connectivity index (χ3v) is 14.5. The average Bonchev–Trinajstić information content (AvgIpc) is 3.82. The van der Waals surface area contributed by atoms with Gasteiger partial charge in [-0.3, -0.25) is 28.8 Å². The van der Waals surface area contributed by atoms with Gasteiger partial charge in [-0.15, -0.1) is 11.3 Å². The van der Waals surface area contributed by atoms with Crippen molar-refractivity contribution >= 4 is 62.5 Å². The van der Waals surface area contributed by atoms with E-state index in [0.717, 1.165) is 58.2 Å². The number of methoxy groups -OCH3 is 1. The van der Waals surface area contributed by atoms with Gasteiger partial charge in [-0.25, -0.2) is 4.90 Å². The van der Waals surface area contributed by atoms with Crippen LogP contribution in [-0.2, 0) is 26.2 Å². The van der Waals surface area contributed by atoms with Crippen LogP contribution < -0.4 is 9.64 Å². The first-order valence-electron chi connectivity index (χ1n) is 18.5. The molecule has 0 unspecified atom stereocenters. The number of aryl methyl sites for hydroxylation is 2. The number of hydrogen-bond acceptors (Lipinski definition) is 8. The van der Waals surface area contributed by atoms with Crippen LogP contribution >= 0.6 is 22.9 Å². The minimum Gasteiger partial charge on any atom is -0.504 e. The van der Waals surface area contributed by atoms with E-state index in [9.17, 15) is 19.5 Å². The Kier molecular flexibility index (Phi) is 7.95. The zero-order valence-corrected chi connectivity index (χ0v) is 31.7. The van der Waals surface area contributed by atoms with Gasteiger partial charge >= 0.3 is 0 Å². The molecule has 4 heterocycles. The lowest BCUT2D eigenvalue weighted by Gasteiger charge is -2.49. The van der Waals surface area contributed by atoms with Gasteiger partial charge in [0, 0.05) is 34.8 Å². The monoisotopic (exact) mass is 752 g/mol. The van der Waals surface area contributed by atoms with Crippen molar-refractivity contribution < 1.29 is 29.0 Å². The number of likely N-dealkylation sites (tertiary alicyclic amines) is 1. The van der Waals surface area contributed by atoms with Crippen molar-refractivity contribution in [3.8, 4) is 22.1 Å². The molecule has 2 saturated heterocycles. The smallest absolute Gasteiger partial charge is 0.242 e. The summed E-state index contributed by atoms with van der Waals surface area (Å²) in [5.41, 5.74) is 2.03. The van der Waals surface area contributed by atoms with E-state index in [-0.39, 0.29) is 47.6 Å². The second-order valence-corrected chi connectivity index (χ2v) is 17.1. The maximum atomic E-state index is 15.1. The molecular formula is C41H41ClN4O6S. The molecule has 4 aromatic rings. The van der Waals surface area contributed by atoms with Crippen molar-refractivity contribution in [1.29, 1.82) is 0 Å². The molecule has 4 amide bonds. The SMILES string of the molecule is COc1cc([C@H]2C3=CC[C@@H]4C(=O)N(C5CCCCC5)C(=O)[C@@H]4[C@@H]3C[C@H]3C(=O)N(c4cc(-c5sc6ccc(Cl)cc6c5C)nn4C)C(=O)[C@@]23C)ccc1O. The summed E-state index contributed by atoms with van der Waals surface area (Å²) in [5, 5.41) is 17.1. The van der Waals surface area contributed by atoms with Gasteiger partial charge < -0.3 is 9.84 Å². The molecular weight excluding hydrogens is 712 g/mol. The molecule has 1 N–H and O–H groups in total. The maximum absolute atomic E-state index is 15.1. The molecule has 2 saturated carbocycles. The largest absolute Gasteiger partial charge is 0.504 e. The van der Waals surface area contributed by atoms with E-state index in [1.54, 1.807) is 52.2 Å². The lowest BCUT2D eigenvalue weighted by Crippen LogP contribution is -2.49. The topological polar surface area (TPSA) is 122 Å². The number of amides is 4. The average molecular weight is 753 g/mol. The number of benzene rings is 2. The summed E-state index contributed by atoms with van der Waals surface area (Å²) in [4.78, 5) is 62.2. The number of rotatable bonds is 5. The highest BCUT2D eigenvalue weighted by Crippen LogP contribution is 2.64. The predicted molar refractivity (Wildman–Crippen MR) is 202 cm³/mol. The predicted octanol–water partition coefficient (Wildman–Crippen LogP) is 7.54. The van der Waals surface area contributed by atoms with Crippen LogP contribution in [0.25, 0.3) is 20.7 Å². The second kappa shape index (κ2) is 12.3. The maximum Gasteiger partial charge on any atom is 0.242 e. The first kappa shape index (κ1) is 34.3. The molecule has 0 bridgehead atoms. The lowest BCUT2D eigenvalue weighted by atomic mass is 9.51. The Morgan fingerprint density at radius 2 is 1.75 bits per heavy atom. The number of aromatic hydroxyl groups is 1. The van der Waals surface area contributed by atoms with Crippen molar-refractivity contribution in [3.63, 3.8) is 0 Å². The Hall–Kier alpha value is -4.48. The normalized spacial score (nSPS) is 28.8. The molecule has 9 rings (SSSR count). The third kappa shape index (κ3) is 4.85. The van der Waals surface area contributed by atoms with Gasteiger partial charge in [0.25, 0.3) is 0 Å². The Balaban J connectivity index is 1.15. The van der Waals surface area contributed by atoms with Gasteiger partial charge in [0.05, 0.1) is 35.2 Å². The number of nitrogens with zero attached hydrogens (tertiary/aromatic N) is 4. The van der Waals surface area contributed by atoms with Gasteiger partial charge in [-0.05, 0) is 92.3 Å². The van der Waals surface area contributed by atoms with Crippen LogP contribution in [0.1, 0.15) is 68.9 Å². The molecule has 2 aromatic heterocycles. The Bertz CT molecular complexity index is 2290. The Morgan fingerprint density at radius 3 is 2.51 bits per heavy atom. The van der Waals surface area contributed by atoms with Crippen molar-refractivity contribution in [2.45, 2.75) is 70.8 Å². The number of halogens is 1. The summed E-state index contributed by atoms with van der Waals surface area (Å²) >= 11 is 7.90. The van der Waals surface area contributed by atoms with E-state index in [1.807, 2.05) is 32.0 Å². The van der Waals surface area contributed by atoms with Crippen LogP contribution in [0.2, 0.25) is 5.02 Å². The molecule has 3 aliphatic carbocycles. The van der Waals surface area contributed by atoms with Crippen molar-refractivity contribution in [1.82, 2.24) is 14.7 Å². The van der Waals surface area contributed by atoms with Crippen LogP contribution in [0.15, 0.2) is 54.1 Å². The molecule has 6 atom stereocenters. The number of carbonyl (C=O) groups is 4. The number of fused-ring (bicyclic) bond motifs is 5. The van der Waals surface area contributed by atoms with E-state index in [0.29, 0.717) is 28.5 Å². The van der Waals surface area contributed by atoms with Crippen LogP contribution in [0.3, 0.4) is 0 Å². The fraction of sp³-hybridized carbons (Fsp3) is 0.439. The number of anilines is 1. The summed E-state index contributed by atoms with van der Waals surface area (Å²) in [6.07, 6.45) is 7.47. The van der Waals surface area contributed by atoms with Gasteiger partial charge in [0.2, 0.25) is 23.6 Å². The number of phenols is 1. The number of aromatic nitrogens is 2. The molecule has 0 radical (unpaired) electrons. The van der Waals surface area contributed by atoms with Crippen LogP contribution in [0, 0.1) is 36.0 Å². The standard InChI is InChI=1S/C41H41ClN4O6S/c1-20-26-17-22(42)11-15-32(26)53-36(20)29-19-33(44(3)43-29)46-38(49)28-18-27-24(35(41(28,2)40(46)51)21-10-14-30(47)31(16-21)52-4)12-13-25-34(27)39(50)45(37(25)48)23-8-6-5-7-9-23/h10-12,14-17,19,23,25,27-28,34-35,47H,5-9,13,18H2,1-4H3/t25-,27+,28-,34-,35-,41+/m0/s1. The fourth-order valence-electron chi connectivity index (χ4n) is 10.4. The molecule has 5 aliphatic rings. The number of hydrogen-bond donors (Lipinski definition) is 1. The van der Waals surface area contributed by atoms with E-state index in [2.05, 4.69) is 6.08 Å². The number of thiophene rings is 1. The zero-order valence-electron chi connectivity index (χ0n) is 30.1. The van der Waals surface area contributed by atoms with Crippen molar-refractivity contribution in [2.24, 2.45) is 36.1 Å². The van der Waals surface area contributed by atoms with E-state index >= 15 is 4.79 Å². The summed E-state index contributed by atoms with van der Waals surface area (Å²) in [6, 6.07) is 12.5. The van der Waals surface area contributed by atoms with Crippen molar-refractivity contribution in [2.75, 3.05) is 12.0 Å². The van der Waals surface area contributed by atoms with Gasteiger partial charge in [-0.1, -0.05) is 48.6 Å². The second-order valence-electron chi connectivity index (χ2n) is 15.6. The highest BCUT2D eigenvalue weighted by molar-refractivity contribution is 7.22. The molecule has 2 aliphatic heterocycles. The first-order valence-corrected chi connectivity index (χ1v) is 19.7. The fourth-order valence-corrected chi connectivity index (χ4v) is 11.7.